The van der Waals surface area contributed by atoms with E-state index < -0.39 is 132 Å². The van der Waals surface area contributed by atoms with E-state index in [4.69, 9.17) is 203 Å². The highest BCUT2D eigenvalue weighted by Gasteiger charge is 2.17. The number of carboxylic acids is 11. The number of aromatic hydroxyl groups is 1. The number of carboxylic acid groups (broad SMARTS) is 11. The van der Waals surface area contributed by atoms with Crippen molar-refractivity contribution in [2.45, 2.75) is 195 Å². The van der Waals surface area contributed by atoms with Crippen LogP contribution >= 0.6 is 0 Å². The third kappa shape index (κ3) is 114. The van der Waals surface area contributed by atoms with E-state index in [9.17, 15) is 57.5 Å². The molecule has 0 fully saturated rings. The van der Waals surface area contributed by atoms with E-state index >= 15 is 0 Å². The zero-order valence-corrected chi connectivity index (χ0v) is 67.1. The van der Waals surface area contributed by atoms with Gasteiger partial charge in [0.1, 0.15) is 66.2 Å². The first kappa shape index (κ1) is 129. The minimum absolute atomic E-state index is 0.0213. The number of aliphatic carboxylic acids is 11. The molecule has 0 unspecified atom stereocenters. The van der Waals surface area contributed by atoms with Crippen LogP contribution in [0.2, 0.25) is 0 Å². The Kier molecular flexibility index (Phi) is 92.2. The van der Waals surface area contributed by atoms with E-state index in [1.807, 2.05) is 0 Å². The van der Waals surface area contributed by atoms with E-state index in [1.165, 1.54) is 12.1 Å². The molecular formula is C64H138N32O24. The van der Waals surface area contributed by atoms with Crippen molar-refractivity contribution >= 4 is 107 Å². The van der Waals surface area contributed by atoms with Crippen molar-refractivity contribution in [3.63, 3.8) is 0 Å². The summed E-state index contributed by atoms with van der Waals surface area (Å²) in [6.45, 7) is 3.82. The number of nitrogens with one attached hydrogen (secondary N) is 12. The molecule has 56 nitrogen and oxygen atoms in total. The summed E-state index contributed by atoms with van der Waals surface area (Å²) in [4.78, 5) is 121. The lowest BCUT2D eigenvalue weighted by Crippen LogP contribution is -2.34. The number of hydrogen-bond acceptors (Lipinski definition) is 32. The van der Waals surface area contributed by atoms with Gasteiger partial charge in [-0.25, -0.2) is 0 Å². The predicted molar refractivity (Wildman–Crippen MR) is 444 cm³/mol. The fourth-order valence-corrected chi connectivity index (χ4v) is 6.67. The molecule has 1 rings (SSSR count). The fraction of sp³-hybridized carbons (Fsp3) is 0.625. The number of nitrogens with two attached hydrogens (primary N) is 20. The normalized spacial score (nSPS) is 12.1. The maximum atomic E-state index is 10.4. The average Bonchev–Trinajstić information content (AvgIpc) is 0.907. The van der Waals surface area contributed by atoms with Crippen LogP contribution in [-0.2, 0) is 64.0 Å². The zero-order valence-electron chi connectivity index (χ0n) is 67.1. The van der Waals surface area contributed by atoms with Crippen LogP contribution in [0.25, 0.3) is 0 Å². The summed E-state index contributed by atoms with van der Waals surface area (Å²) in [5.41, 5.74) is 103. The summed E-state index contributed by atoms with van der Waals surface area (Å²) in [6.07, 6.45) is 10.6. The molecule has 64 N–H and O–H groups in total. The number of carbonyl (C=O) groups is 12. The molecule has 0 aliphatic heterocycles. The van der Waals surface area contributed by atoms with Gasteiger partial charge >= 0.3 is 65.7 Å². The van der Waals surface area contributed by atoms with Crippen LogP contribution in [0, 0.1) is 32.5 Å². The maximum absolute atomic E-state index is 10.4. The molecule has 56 heteroatoms. The highest BCUT2D eigenvalue weighted by molar-refractivity contribution is 5.79. The SMILES string of the molecule is N=C(N)NCCC[C@H](N)C(=O)O.N=C(N)NCCC[C@H](N)C(=O)O.N=C(N)NCCC[C@H](N)C(=O)O.N=C(N)NCCC[C@H](N)C(=O)O.N=C(N)NCCC[C@H](N)C(=O)O.N=C(N)NCCC[C@H](N)C(=O)O.NC(=O)CC[C@H](N)C(=O)O.NCC(=O)O.NCCCC[C@H](N)C(=O)O.NCCCC[C@H](N)C(=O)O.N[C@@H](Cc1ccc(O)cc1)C(=O)O. The number of phenols is 1. The quantitative estimate of drug-likeness (QED) is 0.0164. The summed E-state index contributed by atoms with van der Waals surface area (Å²) in [7, 11) is 0. The van der Waals surface area contributed by atoms with E-state index in [1.54, 1.807) is 12.1 Å². The number of primary amides is 1. The standard InChI is InChI=1S/C9H11NO3.6C6H14N4O2.2C6H14N2O2.C5H10N2O3.C2H5NO2/c10-8(9(12)13)5-6-1-3-7(11)4-2-6;6*7-4(5(11)12)2-1-3-10-6(8)9;2*7-4-2-1-3-5(8)6(9)10;6-3(5(9)10)1-2-4(7)8;3-1-2(4)5/h1-4,8,11H,5,10H2,(H,12,13);6*4H,1-3,7H2,(H,11,12)(H4,8,9,10);2*5H,1-4,7-8H2,(H,9,10);3H,1-2,6H2,(H2,7,8)(H,9,10);1,3H2,(H,4,5)/t8-;6*4-;2*5-;3-;/m0000000000./s1. The zero-order chi connectivity index (χ0) is 95.6. The second-order valence-corrected chi connectivity index (χ2v) is 24.4. The van der Waals surface area contributed by atoms with Crippen molar-refractivity contribution < 1.29 is 119 Å². The number of unbranched alkanes of at least 4 members (excludes halogenated alkanes) is 2. The number of benzene rings is 1. The molecule has 0 heterocycles. The van der Waals surface area contributed by atoms with Crippen LogP contribution in [0.3, 0.4) is 0 Å². The Hall–Kier alpha value is -12.2. The Morgan fingerprint density at radius 2 is 0.442 bits per heavy atom. The summed E-state index contributed by atoms with van der Waals surface area (Å²) >= 11 is 0. The molecule has 0 aliphatic rings. The van der Waals surface area contributed by atoms with Gasteiger partial charge in [-0.05, 0) is 146 Å². The lowest BCUT2D eigenvalue weighted by atomic mass is 10.1. The fourth-order valence-electron chi connectivity index (χ4n) is 6.67. The molecule has 0 saturated carbocycles. The molecule has 1 amide bonds. The summed E-state index contributed by atoms with van der Waals surface area (Å²) in [6, 6.07) is -1.91. The largest absolute Gasteiger partial charge is 0.508 e. The van der Waals surface area contributed by atoms with Gasteiger partial charge in [0.25, 0.3) is 0 Å². The lowest BCUT2D eigenvalue weighted by Gasteiger charge is -2.06. The van der Waals surface area contributed by atoms with Crippen LogP contribution in [-0.4, -0.2) is 288 Å². The average molecular weight is 1740 g/mol. The van der Waals surface area contributed by atoms with Crippen LogP contribution < -0.4 is 147 Å². The predicted octanol–water partition coefficient (Wildman–Crippen LogP) is -10.9. The minimum atomic E-state index is -1.11. The molecule has 0 spiro atoms. The highest BCUT2D eigenvalue weighted by Crippen LogP contribution is 2.11. The van der Waals surface area contributed by atoms with Crippen molar-refractivity contribution in [3.8, 4) is 5.75 Å². The molecule has 1 aromatic rings. The van der Waals surface area contributed by atoms with Gasteiger partial charge in [0.15, 0.2) is 35.8 Å². The maximum Gasteiger partial charge on any atom is 0.320 e. The van der Waals surface area contributed by atoms with Crippen molar-refractivity contribution in [3.05, 3.63) is 29.8 Å². The van der Waals surface area contributed by atoms with Gasteiger partial charge in [-0.2, -0.15) is 0 Å². The molecule has 1 aromatic carbocycles. The number of phenolic OH excluding ortho intramolecular Hbond substituents is 1. The Labute approximate surface area is 692 Å². The third-order valence-electron chi connectivity index (χ3n) is 13.4. The summed E-state index contributed by atoms with van der Waals surface area (Å²) < 4.78 is 0. The first-order valence-electron chi connectivity index (χ1n) is 36.2. The van der Waals surface area contributed by atoms with E-state index in [0.717, 1.165) is 31.2 Å². The Bertz CT molecular complexity index is 2730. The van der Waals surface area contributed by atoms with Crippen molar-refractivity contribution in [2.24, 2.45) is 115 Å². The topological polar surface area (TPSA) is 1180 Å². The Morgan fingerprint density at radius 1 is 0.275 bits per heavy atom. The smallest absolute Gasteiger partial charge is 0.320 e. The van der Waals surface area contributed by atoms with Crippen LogP contribution in [0.15, 0.2) is 24.3 Å². The van der Waals surface area contributed by atoms with E-state index in [0.29, 0.717) is 142 Å². The molecule has 0 aromatic heterocycles. The van der Waals surface area contributed by atoms with Gasteiger partial charge in [0.2, 0.25) is 5.91 Å². The second-order valence-electron chi connectivity index (χ2n) is 24.4. The van der Waals surface area contributed by atoms with Gasteiger partial charge in [-0.1, -0.05) is 25.0 Å². The van der Waals surface area contributed by atoms with Crippen LogP contribution in [0.5, 0.6) is 5.75 Å². The second kappa shape index (κ2) is 86.1. The number of carbonyl (C=O) groups excluding carboxylic acids is 1. The van der Waals surface area contributed by atoms with Gasteiger partial charge in [-0.15, -0.1) is 0 Å². The molecule has 0 saturated heterocycles. The molecule has 120 heavy (non-hydrogen) atoms. The van der Waals surface area contributed by atoms with Crippen molar-refractivity contribution in [2.75, 3.05) is 58.9 Å². The van der Waals surface area contributed by atoms with Gasteiger partial charge in [0, 0.05) is 45.7 Å². The van der Waals surface area contributed by atoms with E-state index in [2.05, 4.69) is 37.6 Å². The summed E-state index contributed by atoms with van der Waals surface area (Å²) in [5.74, 6) is -12.0. The number of amides is 1. The minimum Gasteiger partial charge on any atom is -0.508 e. The molecule has 0 radical (unpaired) electrons. The molecule has 0 aliphatic carbocycles. The molecule has 10 atom stereocenters. The Morgan fingerprint density at radius 3 is 0.583 bits per heavy atom. The van der Waals surface area contributed by atoms with Crippen LogP contribution in [0.4, 0.5) is 0 Å². The number of hydrogen-bond donors (Lipinski definition) is 44. The highest BCUT2D eigenvalue weighted by atomic mass is 16.4. The van der Waals surface area contributed by atoms with Crippen LogP contribution in [0.1, 0.15) is 134 Å². The molecular weight excluding hydrogens is 1600 g/mol. The lowest BCUT2D eigenvalue weighted by molar-refractivity contribution is -0.139. The molecule has 0 bridgehead atoms. The number of rotatable bonds is 48. The first-order valence-corrected chi connectivity index (χ1v) is 36.2. The van der Waals surface area contributed by atoms with Gasteiger partial charge < -0.3 is 208 Å². The van der Waals surface area contributed by atoms with Crippen molar-refractivity contribution in [1.82, 2.24) is 31.9 Å². The van der Waals surface area contributed by atoms with Gasteiger partial charge in [0.05, 0.1) is 6.54 Å². The van der Waals surface area contributed by atoms with E-state index in [-0.39, 0.29) is 67.3 Å². The first-order chi connectivity index (χ1) is 55.5. The Balaban J connectivity index is -0.000000139. The van der Waals surface area contributed by atoms with Crippen molar-refractivity contribution in [1.29, 1.82) is 32.5 Å². The molecule has 698 valence electrons. The number of guanidine groups is 6. The summed E-state index contributed by atoms with van der Waals surface area (Å²) in [5, 5.41) is 156. The van der Waals surface area contributed by atoms with Gasteiger partial charge in [-0.3, -0.25) is 90.0 Å². The monoisotopic (exact) mass is 1740 g/mol. The third-order valence-corrected chi connectivity index (χ3v) is 13.4.